The van der Waals surface area contributed by atoms with Crippen LogP contribution in [0.25, 0.3) is 11.0 Å². The predicted octanol–water partition coefficient (Wildman–Crippen LogP) is 2.94. The van der Waals surface area contributed by atoms with Crippen molar-refractivity contribution in [3.8, 4) is 11.5 Å². The summed E-state index contributed by atoms with van der Waals surface area (Å²) in [5, 5.41) is 3.04. The van der Waals surface area contributed by atoms with E-state index in [0.717, 1.165) is 0 Å². The van der Waals surface area contributed by atoms with Gasteiger partial charge in [-0.2, -0.15) is 0 Å². The molecule has 0 unspecified atom stereocenters. The first kappa shape index (κ1) is 18.9. The Balaban J connectivity index is 1.83. The molecule has 3 aromatic rings. The topological polar surface area (TPSA) is 94.8 Å². The zero-order chi connectivity index (χ0) is 20.1. The molecule has 2 aromatic carbocycles. The molecule has 0 fully saturated rings. The van der Waals surface area contributed by atoms with Crippen LogP contribution in [0.3, 0.4) is 0 Å². The second-order valence-electron chi connectivity index (χ2n) is 5.76. The Kier molecular flexibility index (Phi) is 5.55. The third-order valence-corrected chi connectivity index (χ3v) is 3.90. The Morgan fingerprint density at radius 1 is 1.11 bits per heavy atom. The molecular weight excluding hydrogens is 362 g/mol. The summed E-state index contributed by atoms with van der Waals surface area (Å²) in [5.74, 6) is -0.285. The standard InChI is InChI=1S/C21H17NO6/c1-3-10-22-19(23)17-11-14-6-9-16(12-18(14)28-21(17)25)27-20(24)13-4-7-15(26-2)8-5-13/h3-9,11-12H,1,10H2,2H3,(H,22,23). The molecule has 3 rings (SSSR count). The number of hydrogen-bond donors (Lipinski definition) is 1. The lowest BCUT2D eigenvalue weighted by molar-refractivity contribution is 0.0734. The number of benzene rings is 2. The van der Waals surface area contributed by atoms with Crippen molar-refractivity contribution in [2.45, 2.75) is 0 Å². The van der Waals surface area contributed by atoms with Crippen LogP contribution in [0.4, 0.5) is 0 Å². The predicted molar refractivity (Wildman–Crippen MR) is 103 cm³/mol. The lowest BCUT2D eigenvalue weighted by atomic mass is 10.1. The van der Waals surface area contributed by atoms with E-state index in [-0.39, 0.29) is 23.4 Å². The van der Waals surface area contributed by atoms with E-state index in [1.807, 2.05) is 0 Å². The number of methoxy groups -OCH3 is 1. The maximum absolute atomic E-state index is 12.2. The molecule has 0 saturated heterocycles. The molecule has 142 valence electrons. The van der Waals surface area contributed by atoms with Crippen LogP contribution in [0.2, 0.25) is 0 Å². The van der Waals surface area contributed by atoms with E-state index >= 15 is 0 Å². The maximum atomic E-state index is 12.2. The average Bonchev–Trinajstić information content (AvgIpc) is 2.71. The zero-order valence-electron chi connectivity index (χ0n) is 15.1. The minimum atomic E-state index is -0.785. The summed E-state index contributed by atoms with van der Waals surface area (Å²) in [6.07, 6.45) is 1.50. The molecule has 0 aliphatic carbocycles. The van der Waals surface area contributed by atoms with Crippen LogP contribution in [0.1, 0.15) is 20.7 Å². The highest BCUT2D eigenvalue weighted by Crippen LogP contribution is 2.22. The summed E-state index contributed by atoms with van der Waals surface area (Å²) < 4.78 is 15.6. The van der Waals surface area contributed by atoms with Gasteiger partial charge in [-0.1, -0.05) is 6.08 Å². The summed E-state index contributed by atoms with van der Waals surface area (Å²) in [6, 6.07) is 12.4. The minimum absolute atomic E-state index is 0.114. The second-order valence-corrected chi connectivity index (χ2v) is 5.76. The number of esters is 1. The van der Waals surface area contributed by atoms with E-state index in [0.29, 0.717) is 16.7 Å². The molecule has 7 nitrogen and oxygen atoms in total. The third-order valence-electron chi connectivity index (χ3n) is 3.90. The van der Waals surface area contributed by atoms with Crippen LogP contribution < -0.4 is 20.4 Å². The van der Waals surface area contributed by atoms with Crippen LogP contribution in [0.5, 0.6) is 11.5 Å². The molecule has 1 aromatic heterocycles. The van der Waals surface area contributed by atoms with E-state index in [1.54, 1.807) is 36.4 Å². The number of carbonyl (C=O) groups is 2. The summed E-state index contributed by atoms with van der Waals surface area (Å²) in [4.78, 5) is 36.3. The molecular formula is C21H17NO6. The Hall–Kier alpha value is -3.87. The fourth-order valence-corrected chi connectivity index (χ4v) is 2.47. The Bertz CT molecular complexity index is 1100. The smallest absolute Gasteiger partial charge is 0.349 e. The van der Waals surface area contributed by atoms with Gasteiger partial charge >= 0.3 is 11.6 Å². The number of nitrogens with one attached hydrogen (secondary N) is 1. The first-order valence-electron chi connectivity index (χ1n) is 8.35. The molecule has 0 bridgehead atoms. The Morgan fingerprint density at radius 3 is 2.50 bits per heavy atom. The summed E-state index contributed by atoms with van der Waals surface area (Å²) in [5.41, 5.74) is -0.355. The lowest BCUT2D eigenvalue weighted by Gasteiger charge is -2.07. The highest BCUT2D eigenvalue weighted by Gasteiger charge is 2.14. The fourth-order valence-electron chi connectivity index (χ4n) is 2.47. The van der Waals surface area contributed by atoms with Gasteiger partial charge in [0.1, 0.15) is 22.6 Å². The van der Waals surface area contributed by atoms with Gasteiger partial charge in [0.25, 0.3) is 5.91 Å². The van der Waals surface area contributed by atoms with E-state index in [4.69, 9.17) is 13.9 Å². The van der Waals surface area contributed by atoms with E-state index < -0.39 is 17.5 Å². The van der Waals surface area contributed by atoms with E-state index in [2.05, 4.69) is 11.9 Å². The van der Waals surface area contributed by atoms with Gasteiger partial charge in [-0.25, -0.2) is 9.59 Å². The van der Waals surface area contributed by atoms with Crippen molar-refractivity contribution < 1.29 is 23.5 Å². The number of ether oxygens (including phenoxy) is 2. The van der Waals surface area contributed by atoms with Crippen molar-refractivity contribution in [1.29, 1.82) is 0 Å². The van der Waals surface area contributed by atoms with Gasteiger partial charge in [-0.3, -0.25) is 4.79 Å². The SMILES string of the molecule is C=CCNC(=O)c1cc2ccc(OC(=O)c3ccc(OC)cc3)cc2oc1=O. The van der Waals surface area contributed by atoms with Crippen LogP contribution in [0, 0.1) is 0 Å². The molecule has 1 N–H and O–H groups in total. The molecule has 0 saturated carbocycles. The van der Waals surface area contributed by atoms with Crippen molar-refractivity contribution in [3.63, 3.8) is 0 Å². The van der Waals surface area contributed by atoms with Gasteiger partial charge in [0.05, 0.1) is 12.7 Å². The number of hydrogen-bond acceptors (Lipinski definition) is 6. The van der Waals surface area contributed by atoms with Crippen molar-refractivity contribution in [1.82, 2.24) is 5.32 Å². The molecule has 0 radical (unpaired) electrons. The number of fused-ring (bicyclic) bond motifs is 1. The second kappa shape index (κ2) is 8.22. The fraction of sp³-hybridized carbons (Fsp3) is 0.0952. The van der Waals surface area contributed by atoms with Crippen molar-refractivity contribution in [2.24, 2.45) is 0 Å². The van der Waals surface area contributed by atoms with Crippen molar-refractivity contribution in [3.05, 3.63) is 82.7 Å². The summed E-state index contributed by atoms with van der Waals surface area (Å²) in [7, 11) is 1.53. The largest absolute Gasteiger partial charge is 0.497 e. The zero-order valence-corrected chi connectivity index (χ0v) is 15.1. The summed E-state index contributed by atoms with van der Waals surface area (Å²) in [6.45, 7) is 3.73. The van der Waals surface area contributed by atoms with Gasteiger partial charge in [0, 0.05) is 18.0 Å². The molecule has 1 amide bonds. The van der Waals surface area contributed by atoms with Crippen LogP contribution in [-0.2, 0) is 0 Å². The van der Waals surface area contributed by atoms with Crippen LogP contribution in [-0.4, -0.2) is 25.5 Å². The number of carbonyl (C=O) groups excluding carboxylic acids is 2. The average molecular weight is 379 g/mol. The first-order valence-corrected chi connectivity index (χ1v) is 8.35. The highest BCUT2D eigenvalue weighted by molar-refractivity contribution is 5.97. The van der Waals surface area contributed by atoms with Crippen molar-refractivity contribution in [2.75, 3.05) is 13.7 Å². The summed E-state index contributed by atoms with van der Waals surface area (Å²) >= 11 is 0. The van der Waals surface area contributed by atoms with Crippen LogP contribution >= 0.6 is 0 Å². The van der Waals surface area contributed by atoms with Gasteiger partial charge in [0.2, 0.25) is 0 Å². The van der Waals surface area contributed by atoms with Crippen molar-refractivity contribution >= 4 is 22.8 Å². The molecule has 7 heteroatoms. The van der Waals surface area contributed by atoms with Gasteiger partial charge < -0.3 is 19.2 Å². The lowest BCUT2D eigenvalue weighted by Crippen LogP contribution is -2.28. The molecule has 1 heterocycles. The molecule has 28 heavy (non-hydrogen) atoms. The highest BCUT2D eigenvalue weighted by atomic mass is 16.5. The molecule has 0 atom stereocenters. The van der Waals surface area contributed by atoms with Gasteiger partial charge in [0.15, 0.2) is 0 Å². The molecule has 0 aliphatic rings. The van der Waals surface area contributed by atoms with Crippen LogP contribution in [0.15, 0.2) is 70.4 Å². The monoisotopic (exact) mass is 379 g/mol. The Morgan fingerprint density at radius 2 is 1.82 bits per heavy atom. The number of amides is 1. The third kappa shape index (κ3) is 4.09. The van der Waals surface area contributed by atoms with Gasteiger partial charge in [-0.05, 0) is 42.5 Å². The molecule has 0 aliphatic heterocycles. The van der Waals surface area contributed by atoms with Gasteiger partial charge in [-0.15, -0.1) is 6.58 Å². The normalized spacial score (nSPS) is 10.3. The quantitative estimate of drug-likeness (QED) is 0.306. The van der Waals surface area contributed by atoms with E-state index in [9.17, 15) is 14.4 Å². The Labute approximate surface area is 160 Å². The van der Waals surface area contributed by atoms with E-state index in [1.165, 1.54) is 25.3 Å². The maximum Gasteiger partial charge on any atom is 0.349 e. The first-order chi connectivity index (χ1) is 13.5. The number of rotatable bonds is 6. The molecule has 0 spiro atoms. The minimum Gasteiger partial charge on any atom is -0.497 e.